The van der Waals surface area contributed by atoms with Gasteiger partial charge in [0.2, 0.25) is 0 Å². The highest BCUT2D eigenvalue weighted by molar-refractivity contribution is 7.09. The van der Waals surface area contributed by atoms with Crippen LogP contribution in [0.15, 0.2) is 29.9 Å². The van der Waals surface area contributed by atoms with Gasteiger partial charge < -0.3 is 5.32 Å². The molecule has 1 aromatic carbocycles. The molecule has 0 aliphatic heterocycles. The molecule has 1 aromatic heterocycles. The number of hydrogen-bond donors (Lipinski definition) is 1. The minimum Gasteiger partial charge on any atom is -0.378 e. The number of benzene rings is 1. The van der Waals surface area contributed by atoms with Gasteiger partial charge in [-0.3, -0.25) is 4.98 Å². The maximum Gasteiger partial charge on any atom is 0.0795 e. The molecule has 1 N–H and O–H groups in total. The average Bonchev–Trinajstić information content (AvgIpc) is 2.68. The number of anilines is 1. The summed E-state index contributed by atoms with van der Waals surface area (Å²) in [7, 11) is 0. The molecule has 0 bridgehead atoms. The van der Waals surface area contributed by atoms with Crippen molar-refractivity contribution >= 4 is 40.2 Å². The van der Waals surface area contributed by atoms with E-state index in [0.29, 0.717) is 10.0 Å². The van der Waals surface area contributed by atoms with Gasteiger partial charge in [0.15, 0.2) is 0 Å². The third-order valence-corrected chi connectivity index (χ3v) is 3.52. The number of hydrogen-bond acceptors (Lipinski definition) is 3. The van der Waals surface area contributed by atoms with Gasteiger partial charge in [-0.1, -0.05) is 23.2 Å². The van der Waals surface area contributed by atoms with Crippen LogP contribution in [0, 0.1) is 0 Å². The van der Waals surface area contributed by atoms with Gasteiger partial charge in [-0.25, -0.2) is 0 Å². The summed E-state index contributed by atoms with van der Waals surface area (Å²) in [6, 6.07) is 5.61. The first-order chi connectivity index (χ1) is 7.65. The van der Waals surface area contributed by atoms with Gasteiger partial charge in [0.25, 0.3) is 0 Å². The Bertz CT molecular complexity index is 451. The fourth-order valence-electron chi connectivity index (χ4n) is 1.40. The van der Waals surface area contributed by atoms with Crippen LogP contribution in [0.1, 0.15) is 17.8 Å². The summed E-state index contributed by atoms with van der Waals surface area (Å²) in [5.74, 6) is 0. The zero-order chi connectivity index (χ0) is 11.5. The van der Waals surface area contributed by atoms with Crippen molar-refractivity contribution in [2.45, 2.75) is 13.0 Å². The first-order valence-electron chi connectivity index (χ1n) is 4.76. The molecule has 0 saturated carbocycles. The lowest BCUT2D eigenvalue weighted by Gasteiger charge is -2.13. The Hall–Kier alpha value is -0.770. The average molecular weight is 273 g/mol. The van der Waals surface area contributed by atoms with E-state index in [1.165, 1.54) is 4.88 Å². The van der Waals surface area contributed by atoms with Crippen LogP contribution in [0.2, 0.25) is 10.0 Å². The van der Waals surface area contributed by atoms with Crippen molar-refractivity contribution in [1.29, 1.82) is 0 Å². The Labute approximate surface area is 108 Å². The molecule has 0 fully saturated rings. The van der Waals surface area contributed by atoms with E-state index in [4.69, 9.17) is 23.2 Å². The van der Waals surface area contributed by atoms with Crippen LogP contribution in [-0.4, -0.2) is 4.98 Å². The van der Waals surface area contributed by atoms with E-state index in [-0.39, 0.29) is 6.04 Å². The standard InChI is InChI=1S/C11H10Cl2N2S/c1-7(11-5-14-6-16-11)15-10-3-8(12)2-9(13)4-10/h2-7,15H,1H3. The lowest BCUT2D eigenvalue weighted by molar-refractivity contribution is 0.904. The second kappa shape index (κ2) is 5.04. The number of nitrogens with one attached hydrogen (secondary N) is 1. The van der Waals surface area contributed by atoms with E-state index in [1.807, 2.05) is 23.8 Å². The molecule has 1 unspecified atom stereocenters. The van der Waals surface area contributed by atoms with Crippen LogP contribution in [-0.2, 0) is 0 Å². The Morgan fingerprint density at radius 1 is 1.25 bits per heavy atom. The summed E-state index contributed by atoms with van der Waals surface area (Å²) >= 11 is 13.5. The van der Waals surface area contributed by atoms with E-state index in [9.17, 15) is 0 Å². The topological polar surface area (TPSA) is 24.9 Å². The number of nitrogens with zero attached hydrogens (tertiary/aromatic N) is 1. The lowest BCUT2D eigenvalue weighted by atomic mass is 10.2. The molecule has 0 aliphatic carbocycles. The van der Waals surface area contributed by atoms with Crippen molar-refractivity contribution < 1.29 is 0 Å². The highest BCUT2D eigenvalue weighted by atomic mass is 35.5. The van der Waals surface area contributed by atoms with Crippen LogP contribution in [0.25, 0.3) is 0 Å². The second-order valence-electron chi connectivity index (χ2n) is 3.43. The highest BCUT2D eigenvalue weighted by Gasteiger charge is 2.07. The van der Waals surface area contributed by atoms with Gasteiger partial charge in [0.05, 0.1) is 11.6 Å². The molecule has 0 radical (unpaired) electrons. The minimum absolute atomic E-state index is 0.196. The predicted octanol–water partition coefficient (Wildman–Crippen LogP) is 4.62. The zero-order valence-corrected chi connectivity index (χ0v) is 10.9. The van der Waals surface area contributed by atoms with Crippen LogP contribution in [0.3, 0.4) is 0 Å². The quantitative estimate of drug-likeness (QED) is 0.882. The van der Waals surface area contributed by atoms with E-state index in [1.54, 1.807) is 17.4 Å². The molecular weight excluding hydrogens is 263 g/mol. The van der Waals surface area contributed by atoms with Crippen molar-refractivity contribution in [3.63, 3.8) is 0 Å². The molecule has 1 heterocycles. The Morgan fingerprint density at radius 2 is 1.94 bits per heavy atom. The molecule has 2 nitrogen and oxygen atoms in total. The normalized spacial score (nSPS) is 12.4. The van der Waals surface area contributed by atoms with Crippen molar-refractivity contribution in [3.05, 3.63) is 44.8 Å². The fourth-order valence-corrected chi connectivity index (χ4v) is 2.55. The first-order valence-corrected chi connectivity index (χ1v) is 6.40. The molecule has 2 aromatic rings. The summed E-state index contributed by atoms with van der Waals surface area (Å²) in [6.07, 6.45) is 1.86. The minimum atomic E-state index is 0.196. The number of aromatic nitrogens is 1. The first kappa shape index (κ1) is 11.7. The van der Waals surface area contributed by atoms with Crippen molar-refractivity contribution in [3.8, 4) is 0 Å². The molecule has 0 amide bonds. The predicted molar refractivity (Wildman–Crippen MR) is 70.6 cm³/mol. The van der Waals surface area contributed by atoms with Crippen molar-refractivity contribution in [2.75, 3.05) is 5.32 Å². The van der Waals surface area contributed by atoms with E-state index < -0.39 is 0 Å². The van der Waals surface area contributed by atoms with Crippen LogP contribution in [0.5, 0.6) is 0 Å². The number of rotatable bonds is 3. The Morgan fingerprint density at radius 3 is 2.50 bits per heavy atom. The van der Waals surface area contributed by atoms with E-state index in [0.717, 1.165) is 5.69 Å². The second-order valence-corrected chi connectivity index (χ2v) is 5.22. The molecule has 0 saturated heterocycles. The molecule has 5 heteroatoms. The van der Waals surface area contributed by atoms with Gasteiger partial charge in [-0.05, 0) is 25.1 Å². The SMILES string of the molecule is CC(Nc1cc(Cl)cc(Cl)c1)c1cncs1. The summed E-state index contributed by atoms with van der Waals surface area (Å²) in [4.78, 5) is 5.22. The summed E-state index contributed by atoms with van der Waals surface area (Å²) in [5, 5.41) is 4.59. The molecule has 0 aliphatic rings. The van der Waals surface area contributed by atoms with Gasteiger partial charge >= 0.3 is 0 Å². The van der Waals surface area contributed by atoms with Gasteiger partial charge in [-0.2, -0.15) is 0 Å². The molecular formula is C11H10Cl2N2S. The van der Waals surface area contributed by atoms with E-state index >= 15 is 0 Å². The van der Waals surface area contributed by atoms with Crippen molar-refractivity contribution in [1.82, 2.24) is 4.98 Å². The van der Waals surface area contributed by atoms with Crippen molar-refractivity contribution in [2.24, 2.45) is 0 Å². The summed E-state index contributed by atoms with van der Waals surface area (Å²) < 4.78 is 0. The summed E-state index contributed by atoms with van der Waals surface area (Å²) in [6.45, 7) is 2.07. The van der Waals surface area contributed by atoms with Crippen LogP contribution < -0.4 is 5.32 Å². The van der Waals surface area contributed by atoms with Gasteiger partial charge in [0, 0.05) is 26.8 Å². The number of halogens is 2. The smallest absolute Gasteiger partial charge is 0.0795 e. The maximum absolute atomic E-state index is 5.92. The van der Waals surface area contributed by atoms with Crippen LogP contribution in [0.4, 0.5) is 5.69 Å². The molecule has 1 atom stereocenters. The number of thiazole rings is 1. The molecule has 0 spiro atoms. The van der Waals surface area contributed by atoms with E-state index in [2.05, 4.69) is 17.2 Å². The van der Waals surface area contributed by atoms with Gasteiger partial charge in [0.1, 0.15) is 0 Å². The zero-order valence-electron chi connectivity index (χ0n) is 8.58. The molecule has 16 heavy (non-hydrogen) atoms. The highest BCUT2D eigenvalue weighted by Crippen LogP contribution is 2.26. The third-order valence-electron chi connectivity index (χ3n) is 2.12. The largest absolute Gasteiger partial charge is 0.378 e. The summed E-state index contributed by atoms with van der Waals surface area (Å²) in [5.41, 5.74) is 2.73. The molecule has 84 valence electrons. The third kappa shape index (κ3) is 2.88. The monoisotopic (exact) mass is 272 g/mol. The molecule has 2 rings (SSSR count). The van der Waals surface area contributed by atoms with Crippen LogP contribution >= 0.6 is 34.5 Å². The fraction of sp³-hybridized carbons (Fsp3) is 0.182. The lowest BCUT2D eigenvalue weighted by Crippen LogP contribution is -2.04. The Kier molecular flexibility index (Phi) is 3.69. The maximum atomic E-state index is 5.92. The Balaban J connectivity index is 2.15. The van der Waals surface area contributed by atoms with Gasteiger partial charge in [-0.15, -0.1) is 11.3 Å².